The molecule has 2 aromatic rings. The Labute approximate surface area is 266 Å². The minimum absolute atomic E-state index is 0.0478. The number of nitrogens with zero attached hydrogens (tertiary/aromatic N) is 2. The zero-order valence-corrected chi connectivity index (χ0v) is 27.0. The van der Waals surface area contributed by atoms with Crippen LogP contribution in [0.15, 0.2) is 85.3 Å². The number of ether oxygens (including phenoxy) is 1. The van der Waals surface area contributed by atoms with Gasteiger partial charge in [-0.2, -0.15) is 0 Å². The van der Waals surface area contributed by atoms with E-state index in [1.807, 2.05) is 70.3 Å². The molecule has 4 atom stereocenters. The van der Waals surface area contributed by atoms with Crippen molar-refractivity contribution in [3.05, 3.63) is 119 Å². The first kappa shape index (κ1) is 32.0. The van der Waals surface area contributed by atoms with Crippen molar-refractivity contribution in [1.82, 2.24) is 9.80 Å². The number of carbonyl (C=O) groups is 3. The highest BCUT2D eigenvalue weighted by Crippen LogP contribution is 2.52. The van der Waals surface area contributed by atoms with Crippen LogP contribution in [-0.4, -0.2) is 52.4 Å². The summed E-state index contributed by atoms with van der Waals surface area (Å²) in [5.41, 5.74) is 8.05. The third-order valence-corrected chi connectivity index (χ3v) is 9.18. The van der Waals surface area contributed by atoms with E-state index in [0.717, 1.165) is 37.5 Å². The van der Waals surface area contributed by atoms with Crippen LogP contribution in [0.4, 0.5) is 4.79 Å². The Kier molecular flexibility index (Phi) is 8.92. The van der Waals surface area contributed by atoms with E-state index in [0.29, 0.717) is 17.6 Å². The van der Waals surface area contributed by atoms with Gasteiger partial charge in [0.2, 0.25) is 0 Å². The minimum atomic E-state index is -0.660. The summed E-state index contributed by atoms with van der Waals surface area (Å²) in [4.78, 5) is 41.0. The van der Waals surface area contributed by atoms with E-state index >= 15 is 0 Å². The number of aliphatic hydroxyl groups excluding tert-OH is 1. The van der Waals surface area contributed by atoms with Crippen molar-refractivity contribution < 1.29 is 24.2 Å². The van der Waals surface area contributed by atoms with Gasteiger partial charge in [0.1, 0.15) is 5.60 Å². The van der Waals surface area contributed by atoms with Crippen LogP contribution in [0.2, 0.25) is 0 Å². The Morgan fingerprint density at radius 2 is 1.49 bits per heavy atom. The van der Waals surface area contributed by atoms with Gasteiger partial charge in [-0.3, -0.25) is 9.59 Å². The van der Waals surface area contributed by atoms with Crippen LogP contribution in [-0.2, 0) is 40.0 Å². The standard InChI is InChI=1S/C22H28N2O3.C16H16O2/c1-7-9-14-10-8-11-15-16(14)12-17-18(13-23(5)6)20(25)24(19(15)17)21(26)27-22(2,3)4;1-2-4-10-5-3-6-11-12(10)7-13-14(11)8-16(18)15(13)9-17/h7-8,10-11,13,17,19H,1,9,12H2,2-6H3;2-3,5-6,9,13-14,17H,1,4,7-8H2/b18-13-;15-9-. The van der Waals surface area contributed by atoms with Crippen molar-refractivity contribution in [1.29, 1.82) is 0 Å². The first-order valence-corrected chi connectivity index (χ1v) is 15.6. The largest absolute Gasteiger partial charge is 0.515 e. The van der Waals surface area contributed by atoms with E-state index in [-0.39, 0.29) is 35.5 Å². The Hall–Kier alpha value is -4.39. The molecule has 6 rings (SSSR count). The van der Waals surface area contributed by atoms with Crippen molar-refractivity contribution in [2.45, 2.75) is 70.4 Å². The molecule has 0 spiro atoms. The molecule has 1 N–H and O–H groups in total. The maximum absolute atomic E-state index is 13.1. The molecule has 2 aromatic carbocycles. The van der Waals surface area contributed by atoms with Crippen LogP contribution in [0.1, 0.15) is 72.5 Å². The van der Waals surface area contributed by atoms with Gasteiger partial charge in [0.05, 0.1) is 12.3 Å². The van der Waals surface area contributed by atoms with Crippen LogP contribution in [0.25, 0.3) is 0 Å². The number of rotatable bonds is 5. The molecule has 45 heavy (non-hydrogen) atoms. The number of benzene rings is 2. The predicted molar refractivity (Wildman–Crippen MR) is 176 cm³/mol. The summed E-state index contributed by atoms with van der Waals surface area (Å²) >= 11 is 0. The zero-order valence-electron chi connectivity index (χ0n) is 27.0. The summed E-state index contributed by atoms with van der Waals surface area (Å²) in [7, 11) is 3.77. The molecule has 7 heteroatoms. The van der Waals surface area contributed by atoms with Gasteiger partial charge in [-0.15, -0.1) is 13.2 Å². The van der Waals surface area contributed by atoms with Crippen LogP contribution < -0.4 is 0 Å². The number of carbonyl (C=O) groups excluding carboxylic acids is 3. The number of hydrogen-bond acceptors (Lipinski definition) is 6. The lowest BCUT2D eigenvalue weighted by Gasteiger charge is -2.27. The normalized spacial score (nSPS) is 24.5. The molecule has 236 valence electrons. The lowest BCUT2D eigenvalue weighted by atomic mass is 9.94. The number of fused-ring (bicyclic) bond motifs is 6. The fraction of sp³-hybridized carbons (Fsp3) is 0.395. The van der Waals surface area contributed by atoms with E-state index in [1.54, 1.807) is 0 Å². The van der Waals surface area contributed by atoms with Crippen molar-refractivity contribution >= 4 is 17.8 Å². The van der Waals surface area contributed by atoms with E-state index in [1.165, 1.54) is 32.7 Å². The van der Waals surface area contributed by atoms with E-state index in [2.05, 4.69) is 37.4 Å². The Morgan fingerprint density at radius 3 is 2.04 bits per heavy atom. The Balaban J connectivity index is 0.000000192. The number of allylic oxidation sites excluding steroid dienone is 3. The monoisotopic (exact) mass is 608 g/mol. The first-order valence-electron chi connectivity index (χ1n) is 15.6. The third kappa shape index (κ3) is 6.00. The number of likely N-dealkylation sites (tertiary alicyclic amines) is 1. The molecule has 1 saturated carbocycles. The second-order valence-corrected chi connectivity index (χ2v) is 13.5. The number of amides is 2. The fourth-order valence-electron chi connectivity index (χ4n) is 7.48. The molecule has 1 saturated heterocycles. The number of Topliss-reactive ketones (excluding diaryl/α,β-unsaturated/α-hetero) is 1. The van der Waals surface area contributed by atoms with E-state index in [9.17, 15) is 19.5 Å². The molecule has 1 aliphatic heterocycles. The second kappa shape index (κ2) is 12.5. The van der Waals surface area contributed by atoms with Crippen LogP contribution in [0.5, 0.6) is 0 Å². The molecule has 7 nitrogen and oxygen atoms in total. The quantitative estimate of drug-likeness (QED) is 0.225. The van der Waals surface area contributed by atoms with Gasteiger partial charge in [-0.25, -0.2) is 9.69 Å². The van der Waals surface area contributed by atoms with Gasteiger partial charge < -0.3 is 14.7 Å². The van der Waals surface area contributed by atoms with Gasteiger partial charge >= 0.3 is 6.09 Å². The highest BCUT2D eigenvalue weighted by molar-refractivity contribution is 6.06. The second-order valence-electron chi connectivity index (χ2n) is 13.5. The predicted octanol–water partition coefficient (Wildman–Crippen LogP) is 6.94. The molecule has 2 fully saturated rings. The molecule has 4 unspecified atom stereocenters. The molecule has 2 amide bonds. The lowest BCUT2D eigenvalue weighted by molar-refractivity contribution is -0.125. The number of imide groups is 1. The maximum Gasteiger partial charge on any atom is 0.417 e. The molecular formula is C38H44N2O5. The average Bonchev–Trinajstić information content (AvgIpc) is 3.67. The van der Waals surface area contributed by atoms with Gasteiger partial charge in [-0.1, -0.05) is 48.6 Å². The molecular weight excluding hydrogens is 564 g/mol. The van der Waals surface area contributed by atoms with Crippen LogP contribution >= 0.6 is 0 Å². The van der Waals surface area contributed by atoms with Crippen molar-refractivity contribution in [2.24, 2.45) is 11.8 Å². The number of ketones is 1. The smallest absolute Gasteiger partial charge is 0.417 e. The number of hydrogen-bond donors (Lipinski definition) is 1. The Bertz CT molecular complexity index is 1610. The van der Waals surface area contributed by atoms with Gasteiger partial charge in [0.25, 0.3) is 5.91 Å². The van der Waals surface area contributed by atoms with Crippen molar-refractivity contribution in [3.8, 4) is 0 Å². The van der Waals surface area contributed by atoms with Gasteiger partial charge in [0, 0.05) is 49.7 Å². The molecule has 0 radical (unpaired) electrons. The Morgan fingerprint density at radius 1 is 0.911 bits per heavy atom. The van der Waals surface area contributed by atoms with E-state index < -0.39 is 11.7 Å². The molecule has 4 aliphatic rings. The number of aliphatic hydroxyl groups is 1. The lowest BCUT2D eigenvalue weighted by Crippen LogP contribution is -2.39. The first-order chi connectivity index (χ1) is 21.4. The molecule has 0 bridgehead atoms. The molecule has 1 heterocycles. The van der Waals surface area contributed by atoms with Gasteiger partial charge in [0.15, 0.2) is 5.78 Å². The van der Waals surface area contributed by atoms with Gasteiger partial charge in [-0.05, 0) is 85.8 Å². The highest BCUT2D eigenvalue weighted by Gasteiger charge is 2.53. The summed E-state index contributed by atoms with van der Waals surface area (Å²) in [6.07, 6.45) is 9.89. The third-order valence-electron chi connectivity index (χ3n) is 9.18. The fourth-order valence-corrected chi connectivity index (χ4v) is 7.48. The van der Waals surface area contributed by atoms with Crippen LogP contribution in [0.3, 0.4) is 0 Å². The van der Waals surface area contributed by atoms with Crippen molar-refractivity contribution in [2.75, 3.05) is 14.1 Å². The van der Waals surface area contributed by atoms with Crippen LogP contribution in [0, 0.1) is 11.8 Å². The summed E-state index contributed by atoms with van der Waals surface area (Å²) in [5, 5.41) is 9.24. The zero-order chi connectivity index (χ0) is 32.6. The van der Waals surface area contributed by atoms with Crippen molar-refractivity contribution in [3.63, 3.8) is 0 Å². The minimum Gasteiger partial charge on any atom is -0.515 e. The summed E-state index contributed by atoms with van der Waals surface area (Å²) < 4.78 is 5.56. The highest BCUT2D eigenvalue weighted by atomic mass is 16.6. The molecule has 0 aromatic heterocycles. The summed E-state index contributed by atoms with van der Waals surface area (Å²) in [6, 6.07) is 12.1. The summed E-state index contributed by atoms with van der Waals surface area (Å²) in [6.45, 7) is 13.1. The SMILES string of the molecule is C=CCc1cccc2c1CC1/C(=C/N(C)C)C(=O)N(C(=O)OC(C)(C)C)C21.C=CCc1cccc2c1CC1/C(=C/O)C(=O)CC21. The topological polar surface area (TPSA) is 87.2 Å². The summed E-state index contributed by atoms with van der Waals surface area (Å²) in [5.74, 6) is 0.257. The maximum atomic E-state index is 13.1. The molecule has 3 aliphatic carbocycles. The van der Waals surface area contributed by atoms with E-state index in [4.69, 9.17) is 4.74 Å². The average molecular weight is 609 g/mol.